The number of aromatic nitrogens is 1. The number of nitrogens with two attached hydrogens (primary N) is 1. The monoisotopic (exact) mass is 279 g/mol. The summed E-state index contributed by atoms with van der Waals surface area (Å²) in [6.45, 7) is 4.08. The van der Waals surface area contributed by atoms with Crippen LogP contribution in [0.3, 0.4) is 0 Å². The van der Waals surface area contributed by atoms with E-state index in [9.17, 15) is 4.79 Å². The Morgan fingerprint density at radius 1 is 1.68 bits per heavy atom. The van der Waals surface area contributed by atoms with Crippen LogP contribution in [-0.2, 0) is 17.6 Å². The molecule has 0 fully saturated rings. The number of carbonyl (C=O) groups excluding carboxylic acids is 1. The van der Waals surface area contributed by atoms with Gasteiger partial charge in [0.1, 0.15) is 0 Å². The number of carbonyl (C=O) groups is 1. The van der Waals surface area contributed by atoms with Gasteiger partial charge < -0.3 is 16.4 Å². The molecule has 0 saturated heterocycles. The molecular formula is C12H17N5OS. The van der Waals surface area contributed by atoms with Gasteiger partial charge in [-0.1, -0.05) is 6.08 Å². The standard InChI is InChI=1S/C12H17N5OS/c1-2-5-15-10(18)7-3-4-8-9(6-7)19-12(16-8)17-11(13)14/h2,7H,1,3-6H2,(H,15,18)(H4,13,14,16,17)/t7-/m0/s1. The van der Waals surface area contributed by atoms with Crippen molar-refractivity contribution in [3.05, 3.63) is 23.2 Å². The summed E-state index contributed by atoms with van der Waals surface area (Å²) < 4.78 is 0. The molecule has 1 aliphatic rings. The summed E-state index contributed by atoms with van der Waals surface area (Å²) in [4.78, 5) is 17.4. The number of aryl methyl sites for hydroxylation is 1. The maximum absolute atomic E-state index is 11.9. The van der Waals surface area contributed by atoms with E-state index in [1.165, 1.54) is 11.3 Å². The quantitative estimate of drug-likeness (QED) is 0.373. The summed E-state index contributed by atoms with van der Waals surface area (Å²) in [5.74, 6) is -0.0514. The number of rotatable bonds is 4. The molecule has 6 nitrogen and oxygen atoms in total. The molecule has 19 heavy (non-hydrogen) atoms. The van der Waals surface area contributed by atoms with Crippen molar-refractivity contribution >= 4 is 28.3 Å². The van der Waals surface area contributed by atoms with Crippen molar-refractivity contribution in [2.24, 2.45) is 11.7 Å². The molecular weight excluding hydrogens is 262 g/mol. The van der Waals surface area contributed by atoms with E-state index >= 15 is 0 Å². The first-order chi connectivity index (χ1) is 9.10. The minimum Gasteiger partial charge on any atom is -0.370 e. The van der Waals surface area contributed by atoms with Gasteiger partial charge in [0.2, 0.25) is 5.91 Å². The molecule has 0 aliphatic heterocycles. The first kappa shape index (κ1) is 13.5. The third-order valence-electron chi connectivity index (χ3n) is 2.97. The topological polar surface area (TPSA) is 104 Å². The van der Waals surface area contributed by atoms with Crippen LogP contribution in [0.1, 0.15) is 17.0 Å². The number of amides is 1. The second-order valence-corrected chi connectivity index (χ2v) is 5.48. The summed E-state index contributed by atoms with van der Waals surface area (Å²) in [6.07, 6.45) is 3.97. The van der Waals surface area contributed by atoms with Gasteiger partial charge in [-0.3, -0.25) is 10.2 Å². The van der Waals surface area contributed by atoms with E-state index < -0.39 is 0 Å². The van der Waals surface area contributed by atoms with Crippen molar-refractivity contribution in [1.82, 2.24) is 10.3 Å². The summed E-state index contributed by atoms with van der Waals surface area (Å²) in [5, 5.41) is 13.3. The summed E-state index contributed by atoms with van der Waals surface area (Å²) in [6, 6.07) is 0. The maximum Gasteiger partial charge on any atom is 0.223 e. The number of fused-ring (bicyclic) bond motifs is 1. The molecule has 102 valence electrons. The molecule has 7 heteroatoms. The highest BCUT2D eigenvalue weighted by Gasteiger charge is 2.27. The van der Waals surface area contributed by atoms with Crippen LogP contribution in [0, 0.1) is 11.3 Å². The Balaban J connectivity index is 2.02. The highest BCUT2D eigenvalue weighted by atomic mass is 32.1. The van der Waals surface area contributed by atoms with Crippen LogP contribution in [0.25, 0.3) is 0 Å². The van der Waals surface area contributed by atoms with Gasteiger partial charge in [-0.2, -0.15) is 0 Å². The van der Waals surface area contributed by atoms with E-state index in [-0.39, 0.29) is 17.8 Å². The molecule has 0 saturated carbocycles. The van der Waals surface area contributed by atoms with Crippen LogP contribution in [0.15, 0.2) is 12.7 Å². The molecule has 0 bridgehead atoms. The minimum absolute atomic E-state index is 0.00178. The highest BCUT2D eigenvalue weighted by Crippen LogP contribution is 2.32. The Bertz CT molecular complexity index is 510. The highest BCUT2D eigenvalue weighted by molar-refractivity contribution is 7.15. The molecule has 1 atom stereocenters. The predicted molar refractivity (Wildman–Crippen MR) is 76.4 cm³/mol. The Hall–Kier alpha value is -1.89. The van der Waals surface area contributed by atoms with Gasteiger partial charge in [0.25, 0.3) is 0 Å². The maximum atomic E-state index is 11.9. The molecule has 1 aromatic heterocycles. The molecule has 2 rings (SSSR count). The first-order valence-electron chi connectivity index (χ1n) is 6.08. The van der Waals surface area contributed by atoms with Gasteiger partial charge in [0, 0.05) is 17.3 Å². The number of thiazole rings is 1. The fourth-order valence-corrected chi connectivity index (χ4v) is 3.18. The average molecular weight is 279 g/mol. The third kappa shape index (κ3) is 3.31. The Morgan fingerprint density at radius 3 is 3.16 bits per heavy atom. The van der Waals surface area contributed by atoms with E-state index in [2.05, 4.69) is 22.2 Å². The fraction of sp³-hybridized carbons (Fsp3) is 0.417. The van der Waals surface area contributed by atoms with Crippen molar-refractivity contribution in [1.29, 1.82) is 5.41 Å². The lowest BCUT2D eigenvalue weighted by atomic mass is 9.90. The van der Waals surface area contributed by atoms with E-state index in [0.717, 1.165) is 23.4 Å². The van der Waals surface area contributed by atoms with E-state index in [4.69, 9.17) is 11.1 Å². The average Bonchev–Trinajstić information content (AvgIpc) is 2.75. The molecule has 1 aliphatic carbocycles. The summed E-state index contributed by atoms with van der Waals surface area (Å²) >= 11 is 1.47. The number of hydrogen-bond donors (Lipinski definition) is 4. The van der Waals surface area contributed by atoms with E-state index in [1.54, 1.807) is 6.08 Å². The van der Waals surface area contributed by atoms with Crippen molar-refractivity contribution in [3.8, 4) is 0 Å². The largest absolute Gasteiger partial charge is 0.370 e. The zero-order chi connectivity index (χ0) is 13.8. The lowest BCUT2D eigenvalue weighted by molar-refractivity contribution is -0.125. The number of nitrogens with zero attached hydrogens (tertiary/aromatic N) is 1. The van der Waals surface area contributed by atoms with Gasteiger partial charge in [-0.15, -0.1) is 17.9 Å². The number of nitrogens with one attached hydrogen (secondary N) is 3. The summed E-state index contributed by atoms with van der Waals surface area (Å²) in [5.41, 5.74) is 6.29. The second-order valence-electron chi connectivity index (χ2n) is 4.40. The molecule has 5 N–H and O–H groups in total. The lowest BCUT2D eigenvalue weighted by Gasteiger charge is -2.19. The SMILES string of the molecule is C=CCNC(=O)[C@H]1CCc2nc(NC(=N)N)sc2C1. The van der Waals surface area contributed by atoms with Gasteiger partial charge >= 0.3 is 0 Å². The van der Waals surface area contributed by atoms with Gasteiger partial charge in [-0.05, 0) is 19.3 Å². The van der Waals surface area contributed by atoms with Gasteiger partial charge in [-0.25, -0.2) is 4.98 Å². The van der Waals surface area contributed by atoms with Crippen LogP contribution in [-0.4, -0.2) is 23.4 Å². The van der Waals surface area contributed by atoms with E-state index in [0.29, 0.717) is 18.1 Å². The first-order valence-corrected chi connectivity index (χ1v) is 6.90. The number of guanidine groups is 1. The molecule has 1 amide bonds. The predicted octanol–water partition coefficient (Wildman–Crippen LogP) is 0.856. The Labute approximate surface area is 115 Å². The lowest BCUT2D eigenvalue weighted by Crippen LogP contribution is -2.33. The van der Waals surface area contributed by atoms with E-state index in [1.807, 2.05) is 0 Å². The zero-order valence-electron chi connectivity index (χ0n) is 10.5. The Morgan fingerprint density at radius 2 is 2.47 bits per heavy atom. The molecule has 0 unspecified atom stereocenters. The number of anilines is 1. The summed E-state index contributed by atoms with van der Waals surface area (Å²) in [7, 11) is 0. The van der Waals surface area contributed by atoms with Crippen LogP contribution in [0.5, 0.6) is 0 Å². The minimum atomic E-state index is -0.119. The fourth-order valence-electron chi connectivity index (χ4n) is 2.08. The van der Waals surface area contributed by atoms with Crippen molar-refractivity contribution < 1.29 is 4.79 Å². The van der Waals surface area contributed by atoms with Gasteiger partial charge in [0.15, 0.2) is 11.1 Å². The smallest absolute Gasteiger partial charge is 0.223 e. The van der Waals surface area contributed by atoms with Crippen molar-refractivity contribution in [3.63, 3.8) is 0 Å². The third-order valence-corrected chi connectivity index (χ3v) is 4.01. The van der Waals surface area contributed by atoms with Crippen molar-refractivity contribution in [2.75, 3.05) is 11.9 Å². The Kier molecular flexibility index (Phi) is 4.16. The zero-order valence-corrected chi connectivity index (χ0v) is 11.3. The molecule has 0 radical (unpaired) electrons. The number of hydrogen-bond acceptors (Lipinski definition) is 4. The van der Waals surface area contributed by atoms with Crippen LogP contribution < -0.4 is 16.4 Å². The molecule has 0 aromatic carbocycles. The van der Waals surface area contributed by atoms with Crippen molar-refractivity contribution in [2.45, 2.75) is 19.3 Å². The molecule has 0 spiro atoms. The van der Waals surface area contributed by atoms with Gasteiger partial charge in [0.05, 0.1) is 5.69 Å². The molecule has 1 heterocycles. The van der Waals surface area contributed by atoms with Crippen LogP contribution in [0.4, 0.5) is 5.13 Å². The normalized spacial score (nSPS) is 17.4. The van der Waals surface area contributed by atoms with Crippen LogP contribution >= 0.6 is 11.3 Å². The second kappa shape index (κ2) is 5.83. The van der Waals surface area contributed by atoms with Crippen LogP contribution in [0.2, 0.25) is 0 Å². The molecule has 1 aromatic rings.